The third-order valence-electron chi connectivity index (χ3n) is 9.72. The Bertz CT molecular complexity index is 1230. The topological polar surface area (TPSA) is 155 Å². The molecular formula is C49H86NO9P. The number of hydrogen-bond donors (Lipinski definition) is 3. The van der Waals surface area contributed by atoms with E-state index in [4.69, 9.17) is 24.3 Å². The molecule has 0 heterocycles. The molecule has 0 aliphatic carbocycles. The molecule has 0 aromatic carbocycles. The molecule has 3 atom stereocenters. The number of phosphoric acid groups is 1. The number of aliphatic hydroxyl groups is 1. The van der Waals surface area contributed by atoms with E-state index in [0.29, 0.717) is 6.42 Å². The van der Waals surface area contributed by atoms with E-state index >= 15 is 0 Å². The maximum Gasteiger partial charge on any atom is 0.472 e. The predicted octanol–water partition coefficient (Wildman–Crippen LogP) is 12.8. The largest absolute Gasteiger partial charge is 0.472 e. The van der Waals surface area contributed by atoms with Crippen LogP contribution in [0.2, 0.25) is 0 Å². The van der Waals surface area contributed by atoms with Gasteiger partial charge in [-0.3, -0.25) is 18.6 Å². The van der Waals surface area contributed by atoms with Crippen molar-refractivity contribution in [3.05, 3.63) is 72.9 Å². The quantitative estimate of drug-likeness (QED) is 0.0177. The summed E-state index contributed by atoms with van der Waals surface area (Å²) in [5, 5.41) is 10.3. The molecule has 2 unspecified atom stereocenters. The zero-order chi connectivity index (χ0) is 44.0. The van der Waals surface area contributed by atoms with Gasteiger partial charge in [0.25, 0.3) is 0 Å². The Morgan fingerprint density at radius 1 is 0.583 bits per heavy atom. The molecule has 0 aliphatic heterocycles. The van der Waals surface area contributed by atoms with Crippen molar-refractivity contribution < 1.29 is 42.7 Å². The second kappa shape index (κ2) is 44.5. The number of ether oxygens (including phenoxy) is 2. The van der Waals surface area contributed by atoms with Gasteiger partial charge in [-0.1, -0.05) is 202 Å². The van der Waals surface area contributed by atoms with Crippen molar-refractivity contribution in [2.45, 2.75) is 199 Å². The van der Waals surface area contributed by atoms with E-state index in [1.54, 1.807) is 12.2 Å². The summed E-state index contributed by atoms with van der Waals surface area (Å²) in [5.74, 6) is -1.11. The van der Waals surface area contributed by atoms with Crippen molar-refractivity contribution in [1.82, 2.24) is 0 Å². The average Bonchev–Trinajstić information content (AvgIpc) is 3.23. The lowest BCUT2D eigenvalue weighted by Gasteiger charge is -2.20. The Hall–Kier alpha value is -2.59. The first-order valence-corrected chi connectivity index (χ1v) is 25.0. The lowest BCUT2D eigenvalue weighted by molar-refractivity contribution is -0.161. The zero-order valence-corrected chi connectivity index (χ0v) is 38.7. The maximum atomic E-state index is 12.6. The molecule has 60 heavy (non-hydrogen) atoms. The first-order valence-electron chi connectivity index (χ1n) is 23.5. The van der Waals surface area contributed by atoms with Crippen molar-refractivity contribution in [1.29, 1.82) is 0 Å². The van der Waals surface area contributed by atoms with Gasteiger partial charge in [-0.15, -0.1) is 0 Å². The fraction of sp³-hybridized carbons (Fsp3) is 0.714. The third-order valence-corrected chi connectivity index (χ3v) is 10.7. The van der Waals surface area contributed by atoms with Gasteiger partial charge in [-0.25, -0.2) is 4.57 Å². The van der Waals surface area contributed by atoms with E-state index in [1.165, 1.54) is 96.3 Å². The number of esters is 2. The molecule has 0 saturated heterocycles. The number of phosphoric ester groups is 1. The third kappa shape index (κ3) is 43.5. The van der Waals surface area contributed by atoms with Crippen LogP contribution in [0.1, 0.15) is 187 Å². The summed E-state index contributed by atoms with van der Waals surface area (Å²) in [4.78, 5) is 35.0. The molecule has 346 valence electrons. The van der Waals surface area contributed by atoms with E-state index < -0.39 is 38.6 Å². The minimum Gasteiger partial charge on any atom is -0.462 e. The van der Waals surface area contributed by atoms with Gasteiger partial charge in [0.2, 0.25) is 0 Å². The summed E-state index contributed by atoms with van der Waals surface area (Å²) in [6.45, 7) is 3.35. The highest BCUT2D eigenvalue weighted by Gasteiger charge is 2.26. The fourth-order valence-corrected chi connectivity index (χ4v) is 6.98. The van der Waals surface area contributed by atoms with Gasteiger partial charge >= 0.3 is 19.8 Å². The lowest BCUT2D eigenvalue weighted by Crippen LogP contribution is -2.30. The van der Waals surface area contributed by atoms with Gasteiger partial charge in [0.1, 0.15) is 6.61 Å². The Balaban J connectivity index is 4.31. The SMILES string of the molecule is CC/C=C\C/C=C\C/C=C\C/C=C\C/C=C\C=C/C(O)CCC(=O)O[C@H](COC(=O)CCCCCCCCCCCCCCCCCCCCC)COP(=O)(O)OCCN. The van der Waals surface area contributed by atoms with E-state index in [2.05, 4.69) is 62.5 Å². The molecule has 0 rings (SSSR count). The molecule has 0 bridgehead atoms. The number of nitrogens with two attached hydrogens (primary N) is 1. The lowest BCUT2D eigenvalue weighted by atomic mass is 10.0. The highest BCUT2D eigenvalue weighted by molar-refractivity contribution is 7.47. The van der Waals surface area contributed by atoms with E-state index in [0.717, 1.165) is 51.4 Å². The van der Waals surface area contributed by atoms with Crippen molar-refractivity contribution in [3.63, 3.8) is 0 Å². The summed E-state index contributed by atoms with van der Waals surface area (Å²) in [7, 11) is -4.45. The van der Waals surface area contributed by atoms with Crippen LogP contribution in [-0.4, -0.2) is 60.5 Å². The number of carbonyl (C=O) groups is 2. The van der Waals surface area contributed by atoms with E-state index in [1.807, 2.05) is 12.2 Å². The summed E-state index contributed by atoms with van der Waals surface area (Å²) in [6.07, 6.45) is 51.2. The van der Waals surface area contributed by atoms with Crippen molar-refractivity contribution >= 4 is 19.8 Å². The first-order chi connectivity index (χ1) is 29.2. The van der Waals surface area contributed by atoms with Crippen LogP contribution in [0.5, 0.6) is 0 Å². The number of rotatable bonds is 43. The highest BCUT2D eigenvalue weighted by atomic mass is 31.2. The molecule has 0 amide bonds. The van der Waals surface area contributed by atoms with Crippen LogP contribution in [0.25, 0.3) is 0 Å². The number of unbranched alkanes of at least 4 members (excludes halogenated alkanes) is 18. The molecule has 0 saturated carbocycles. The second-order valence-electron chi connectivity index (χ2n) is 15.5. The molecule has 0 radical (unpaired) electrons. The molecular weight excluding hydrogens is 778 g/mol. The van der Waals surface area contributed by atoms with Crippen LogP contribution in [-0.2, 0) is 32.7 Å². The van der Waals surface area contributed by atoms with Gasteiger partial charge in [-0.05, 0) is 44.9 Å². The molecule has 0 aliphatic rings. The van der Waals surface area contributed by atoms with E-state index in [9.17, 15) is 24.2 Å². The summed E-state index contributed by atoms with van der Waals surface area (Å²) >= 11 is 0. The molecule has 0 spiro atoms. The summed E-state index contributed by atoms with van der Waals surface area (Å²) in [5.41, 5.74) is 5.34. The van der Waals surface area contributed by atoms with Crippen LogP contribution in [0.3, 0.4) is 0 Å². The van der Waals surface area contributed by atoms with Gasteiger partial charge in [0, 0.05) is 19.4 Å². The van der Waals surface area contributed by atoms with Crippen molar-refractivity contribution in [3.8, 4) is 0 Å². The number of carbonyl (C=O) groups excluding carboxylic acids is 2. The molecule has 11 heteroatoms. The Labute approximate surface area is 365 Å². The predicted molar refractivity (Wildman–Crippen MR) is 248 cm³/mol. The highest BCUT2D eigenvalue weighted by Crippen LogP contribution is 2.43. The van der Waals surface area contributed by atoms with Gasteiger partial charge in [-0.2, -0.15) is 0 Å². The monoisotopic (exact) mass is 864 g/mol. The standard InChI is InChI=1S/C49H86NO9P/c1-3-5-7-9-11-13-15-17-19-21-22-23-25-27-29-31-33-35-37-39-48(52)56-44-47(45-58-60(54,55)57-43-42-50)59-49(53)41-40-46(51)38-36-34-32-30-28-26-24-20-18-16-14-12-10-8-6-4-2/h6,8,12,14,18,20,26,28,32,34,36,38,46-47,51H,3-5,7,9-11,13,15-17,19,21-25,27,29-31,33,35,37,39-45,50H2,1-2H3,(H,54,55)/b8-6-,14-12-,20-18-,28-26-,34-32-,38-36-/t46?,47-/m1/s1. The Kier molecular flexibility index (Phi) is 42.5. The smallest absolute Gasteiger partial charge is 0.462 e. The molecule has 0 aromatic heterocycles. The molecule has 0 aromatic rings. The van der Waals surface area contributed by atoms with E-state index in [-0.39, 0.29) is 39.0 Å². The van der Waals surface area contributed by atoms with Crippen LogP contribution < -0.4 is 5.73 Å². The van der Waals surface area contributed by atoms with Crippen LogP contribution in [0.4, 0.5) is 0 Å². The Morgan fingerprint density at radius 2 is 1.05 bits per heavy atom. The van der Waals surface area contributed by atoms with Crippen LogP contribution in [0, 0.1) is 0 Å². The molecule has 10 nitrogen and oxygen atoms in total. The number of aliphatic hydroxyl groups excluding tert-OH is 1. The zero-order valence-electron chi connectivity index (χ0n) is 37.8. The first kappa shape index (κ1) is 57.4. The minimum absolute atomic E-state index is 0.0151. The van der Waals surface area contributed by atoms with Crippen LogP contribution in [0.15, 0.2) is 72.9 Å². The average molecular weight is 864 g/mol. The minimum atomic E-state index is -4.45. The molecule has 4 N–H and O–H groups in total. The summed E-state index contributed by atoms with van der Waals surface area (Å²) in [6, 6.07) is 0. The maximum absolute atomic E-state index is 12.6. The van der Waals surface area contributed by atoms with Gasteiger partial charge in [0.05, 0.1) is 19.3 Å². The Morgan fingerprint density at radius 3 is 1.53 bits per heavy atom. The van der Waals surface area contributed by atoms with Gasteiger partial charge in [0.15, 0.2) is 6.10 Å². The second-order valence-corrected chi connectivity index (χ2v) is 16.9. The van der Waals surface area contributed by atoms with Crippen LogP contribution >= 0.6 is 7.82 Å². The van der Waals surface area contributed by atoms with Crippen molar-refractivity contribution in [2.75, 3.05) is 26.4 Å². The fourth-order valence-electron chi connectivity index (χ4n) is 6.22. The normalized spacial score (nSPS) is 14.4. The van der Waals surface area contributed by atoms with Gasteiger partial charge < -0.3 is 25.2 Å². The summed E-state index contributed by atoms with van der Waals surface area (Å²) < 4.78 is 32.6. The number of allylic oxidation sites excluding steroid dienone is 11. The van der Waals surface area contributed by atoms with Crippen molar-refractivity contribution in [2.24, 2.45) is 5.73 Å². The molecule has 0 fully saturated rings. The number of hydrogen-bond acceptors (Lipinski definition) is 9.